The maximum atomic E-state index is 12.8. The molecule has 6 N–H and O–H groups in total. The Labute approximate surface area is 302 Å². The summed E-state index contributed by atoms with van der Waals surface area (Å²) in [5.74, 6) is -1.35. The van der Waals surface area contributed by atoms with Crippen molar-refractivity contribution in [1.82, 2.24) is 24.8 Å². The van der Waals surface area contributed by atoms with Crippen LogP contribution in [-0.4, -0.2) is 79.9 Å². The van der Waals surface area contributed by atoms with Crippen LogP contribution in [-0.2, 0) is 19.4 Å². The van der Waals surface area contributed by atoms with Crippen molar-refractivity contribution in [3.63, 3.8) is 0 Å². The molecule has 1 saturated heterocycles. The van der Waals surface area contributed by atoms with Gasteiger partial charge in [-0.2, -0.15) is 0 Å². The highest BCUT2D eigenvalue weighted by atomic mass is 32.2. The number of nitrogens with zero attached hydrogens (tertiary/aromatic N) is 3. The van der Waals surface area contributed by atoms with Gasteiger partial charge in [0.15, 0.2) is 9.84 Å². The van der Waals surface area contributed by atoms with E-state index in [0.717, 1.165) is 63.6 Å². The van der Waals surface area contributed by atoms with Crippen LogP contribution in [0.4, 0.5) is 4.79 Å². The number of likely N-dealkylation sites (tertiary alicyclic amines) is 1. The molecule has 0 saturated carbocycles. The number of H-pyrrole nitrogens is 2. The van der Waals surface area contributed by atoms with Crippen LogP contribution in [0.2, 0.25) is 0 Å². The Morgan fingerprint density at radius 1 is 0.942 bits per heavy atom. The molecule has 3 aromatic carbocycles. The number of carboxylic acids is 1. The first-order valence-electron chi connectivity index (χ1n) is 17.1. The largest absolute Gasteiger partial charge is 0.477 e. The molecule has 0 spiro atoms. The Hall–Kier alpha value is -5.34. The highest BCUT2D eigenvalue weighted by Gasteiger charge is 2.35. The Morgan fingerprint density at radius 3 is 2.19 bits per heavy atom. The summed E-state index contributed by atoms with van der Waals surface area (Å²) in [4.78, 5) is 41.8. The molecule has 52 heavy (non-hydrogen) atoms. The van der Waals surface area contributed by atoms with E-state index in [1.54, 1.807) is 11.1 Å². The van der Waals surface area contributed by atoms with Crippen molar-refractivity contribution in [2.24, 2.45) is 5.73 Å². The molecule has 5 aromatic rings. The fourth-order valence-electron chi connectivity index (χ4n) is 6.45. The molecule has 272 valence electrons. The number of nitrogens with two attached hydrogens (primary N) is 1. The standard InChI is InChI=1S/C38H43N7O6S/c1-38(2,3)51-37(48)45-17-5-6-31(45)35-42-21-30(44-35)27-14-13-25-18-24(11-12-26(25)19-27)22-7-9-23(10-8-22)29-20-41-34(43-29)28(33(40)36(46)47)15-16-32(39)52(4,49)50/h7-14,18-21,28,31-32,40H,5-6,15-17,39H2,1-4H3,(H,41,43)(H,42,44)(H,46,47). The number of imidazole rings is 2. The van der Waals surface area contributed by atoms with Gasteiger partial charge in [-0.3, -0.25) is 10.3 Å². The van der Waals surface area contributed by atoms with Gasteiger partial charge in [0, 0.05) is 18.4 Å². The number of hydrogen-bond donors (Lipinski definition) is 5. The van der Waals surface area contributed by atoms with E-state index < -0.39 is 38.4 Å². The van der Waals surface area contributed by atoms with E-state index in [1.807, 2.05) is 51.2 Å². The molecule has 3 atom stereocenters. The summed E-state index contributed by atoms with van der Waals surface area (Å²) in [5, 5.41) is 18.5. The summed E-state index contributed by atoms with van der Waals surface area (Å²) in [6.45, 7) is 6.23. The van der Waals surface area contributed by atoms with Gasteiger partial charge in [0.1, 0.15) is 28.3 Å². The number of carbonyl (C=O) groups is 2. The van der Waals surface area contributed by atoms with Crippen molar-refractivity contribution in [2.75, 3.05) is 12.8 Å². The normalized spacial score (nSPS) is 16.2. The number of aromatic amines is 2. The lowest BCUT2D eigenvalue weighted by Crippen LogP contribution is -2.36. The molecule has 3 unspecified atom stereocenters. The average molecular weight is 726 g/mol. The minimum absolute atomic E-state index is 0.0162. The second-order valence-electron chi connectivity index (χ2n) is 14.3. The van der Waals surface area contributed by atoms with Crippen LogP contribution in [0.5, 0.6) is 0 Å². The lowest BCUT2D eigenvalue weighted by atomic mass is 9.96. The van der Waals surface area contributed by atoms with Gasteiger partial charge in [0.05, 0.1) is 35.7 Å². The summed E-state index contributed by atoms with van der Waals surface area (Å²) in [6.07, 6.45) is 5.81. The topological polar surface area (TPSA) is 208 Å². The highest BCUT2D eigenvalue weighted by Crippen LogP contribution is 2.34. The number of fused-ring (bicyclic) bond motifs is 1. The quantitative estimate of drug-likeness (QED) is 0.0922. The maximum absolute atomic E-state index is 12.8. The van der Waals surface area contributed by atoms with E-state index in [4.69, 9.17) is 15.9 Å². The lowest BCUT2D eigenvalue weighted by Gasteiger charge is -2.27. The molecule has 0 aliphatic carbocycles. The summed E-state index contributed by atoms with van der Waals surface area (Å²) in [7, 11) is -3.51. The number of carboxylic acid groups (broad SMARTS) is 1. The van der Waals surface area contributed by atoms with Crippen LogP contribution in [0.15, 0.2) is 73.1 Å². The van der Waals surface area contributed by atoms with Gasteiger partial charge in [-0.25, -0.2) is 28.0 Å². The Balaban J connectivity index is 1.16. The molecule has 14 heteroatoms. The number of aromatic nitrogens is 4. The number of rotatable bonds is 11. The van der Waals surface area contributed by atoms with Gasteiger partial charge in [-0.05, 0) is 86.1 Å². The number of sulfone groups is 1. The Morgan fingerprint density at radius 2 is 1.54 bits per heavy atom. The zero-order valence-corrected chi connectivity index (χ0v) is 30.3. The first-order valence-corrected chi connectivity index (χ1v) is 19.0. The van der Waals surface area contributed by atoms with Gasteiger partial charge < -0.3 is 25.5 Å². The van der Waals surface area contributed by atoms with Crippen LogP contribution in [0.3, 0.4) is 0 Å². The van der Waals surface area contributed by atoms with Crippen molar-refractivity contribution in [2.45, 2.75) is 69.4 Å². The number of aliphatic carboxylic acids is 1. The number of carbonyl (C=O) groups excluding carboxylic acids is 1. The average Bonchev–Trinajstić information content (AvgIpc) is 3.88. The first-order chi connectivity index (χ1) is 24.6. The van der Waals surface area contributed by atoms with Gasteiger partial charge in [-0.15, -0.1) is 0 Å². The third-order valence-corrected chi connectivity index (χ3v) is 10.6. The molecule has 1 aliphatic heterocycles. The van der Waals surface area contributed by atoms with Gasteiger partial charge in [-0.1, -0.05) is 48.5 Å². The van der Waals surface area contributed by atoms with E-state index in [-0.39, 0.29) is 30.8 Å². The number of amides is 1. The van der Waals surface area contributed by atoms with Crippen LogP contribution < -0.4 is 5.73 Å². The van der Waals surface area contributed by atoms with Crippen molar-refractivity contribution >= 4 is 38.4 Å². The van der Waals surface area contributed by atoms with Gasteiger partial charge in [0.2, 0.25) is 0 Å². The minimum atomic E-state index is -3.51. The molecule has 3 heterocycles. The summed E-state index contributed by atoms with van der Waals surface area (Å²) in [5.41, 5.74) is 9.94. The molecule has 6 rings (SSSR count). The van der Waals surface area contributed by atoms with E-state index >= 15 is 0 Å². The van der Waals surface area contributed by atoms with E-state index in [0.29, 0.717) is 12.2 Å². The fourth-order valence-corrected chi connectivity index (χ4v) is 7.01. The molecule has 1 fully saturated rings. The van der Waals surface area contributed by atoms with Gasteiger partial charge in [0.25, 0.3) is 0 Å². The molecule has 2 aromatic heterocycles. The van der Waals surface area contributed by atoms with E-state index in [9.17, 15) is 23.1 Å². The second kappa shape index (κ2) is 14.4. The lowest BCUT2D eigenvalue weighted by molar-refractivity contribution is -0.129. The summed E-state index contributed by atoms with van der Waals surface area (Å²) < 4.78 is 29.2. The highest BCUT2D eigenvalue weighted by molar-refractivity contribution is 7.91. The van der Waals surface area contributed by atoms with Crippen molar-refractivity contribution in [1.29, 1.82) is 5.41 Å². The number of hydrogen-bond acceptors (Lipinski definition) is 9. The minimum Gasteiger partial charge on any atom is -0.477 e. The third kappa shape index (κ3) is 8.08. The predicted molar refractivity (Wildman–Crippen MR) is 200 cm³/mol. The third-order valence-electron chi connectivity index (χ3n) is 9.27. The Bertz CT molecular complexity index is 2240. The van der Waals surface area contributed by atoms with Crippen LogP contribution >= 0.6 is 0 Å². The maximum Gasteiger partial charge on any atom is 0.410 e. The molecular weight excluding hydrogens is 683 g/mol. The van der Waals surface area contributed by atoms with Gasteiger partial charge >= 0.3 is 12.1 Å². The Kier molecular flexibility index (Phi) is 10.1. The molecule has 13 nitrogen and oxygen atoms in total. The number of ether oxygens (including phenoxy) is 1. The zero-order chi connectivity index (χ0) is 37.4. The zero-order valence-electron chi connectivity index (χ0n) is 29.5. The van der Waals surface area contributed by atoms with Crippen LogP contribution in [0.25, 0.3) is 44.4 Å². The van der Waals surface area contributed by atoms with E-state index in [2.05, 4.69) is 56.3 Å². The molecule has 0 radical (unpaired) electrons. The second-order valence-corrected chi connectivity index (χ2v) is 16.5. The van der Waals surface area contributed by atoms with Crippen LogP contribution in [0.1, 0.15) is 70.1 Å². The van der Waals surface area contributed by atoms with Crippen molar-refractivity contribution < 1.29 is 27.9 Å². The SMILES string of the molecule is CC(C)(C)OC(=O)N1CCCC1c1ncc(-c2ccc3cc(-c4ccc(-c5cnc(C(CCC(N)S(C)(=O)=O)C(=N)C(=O)O)[nH]5)cc4)ccc3c2)[nH]1. The monoisotopic (exact) mass is 725 g/mol. The van der Waals surface area contributed by atoms with Crippen LogP contribution in [0, 0.1) is 5.41 Å². The molecular formula is C38H43N7O6S. The number of nitrogens with one attached hydrogen (secondary N) is 3. The fraction of sp³-hybridized carbons (Fsp3) is 0.342. The molecule has 1 aliphatic rings. The smallest absolute Gasteiger partial charge is 0.410 e. The first kappa shape index (κ1) is 36.5. The predicted octanol–water partition coefficient (Wildman–Crippen LogP) is 6.66. The summed E-state index contributed by atoms with van der Waals surface area (Å²) >= 11 is 0. The van der Waals surface area contributed by atoms with Crippen molar-refractivity contribution in [3.05, 3.63) is 84.7 Å². The van der Waals surface area contributed by atoms with E-state index in [1.165, 1.54) is 0 Å². The summed E-state index contributed by atoms with van der Waals surface area (Å²) in [6, 6.07) is 20.2. The van der Waals surface area contributed by atoms with Crippen molar-refractivity contribution in [3.8, 4) is 33.6 Å². The molecule has 0 bridgehead atoms. The number of benzene rings is 3. The molecule has 1 amide bonds.